The van der Waals surface area contributed by atoms with Crippen molar-refractivity contribution in [2.75, 3.05) is 6.61 Å². The van der Waals surface area contributed by atoms with Gasteiger partial charge in [-0.3, -0.25) is 4.79 Å². The summed E-state index contributed by atoms with van der Waals surface area (Å²) >= 11 is 0. The molecule has 0 N–H and O–H groups in total. The van der Waals surface area contributed by atoms with Gasteiger partial charge in [0.1, 0.15) is 6.61 Å². The zero-order valence-electron chi connectivity index (χ0n) is 7.51. The largest absolute Gasteiger partial charge is 0.509 e. The molecule has 0 radical (unpaired) electrons. The molecule has 4 nitrogen and oxygen atoms in total. The quantitative estimate of drug-likeness (QED) is 0.539. The maximum atomic E-state index is 10.8. The van der Waals surface area contributed by atoms with Crippen molar-refractivity contribution in [3.8, 4) is 0 Å². The minimum atomic E-state index is -0.832. The number of benzene rings is 1. The van der Waals surface area contributed by atoms with E-state index in [0.717, 1.165) is 5.56 Å². The molecule has 1 aromatic rings. The van der Waals surface area contributed by atoms with Crippen LogP contribution in [-0.4, -0.2) is 19.0 Å². The highest BCUT2D eigenvalue weighted by molar-refractivity contribution is 5.63. The third-order valence-corrected chi connectivity index (χ3v) is 1.47. The second-order valence-electron chi connectivity index (χ2n) is 2.50. The maximum Gasteiger partial charge on any atom is 0.509 e. The van der Waals surface area contributed by atoms with E-state index in [9.17, 15) is 9.59 Å². The Labute approximate surface area is 81.4 Å². The van der Waals surface area contributed by atoms with Gasteiger partial charge in [0.05, 0.1) is 0 Å². The summed E-state index contributed by atoms with van der Waals surface area (Å²) in [4.78, 5) is 20.6. The second kappa shape index (κ2) is 5.75. The first-order valence-corrected chi connectivity index (χ1v) is 4.10. The molecule has 1 rings (SSSR count). The average Bonchev–Trinajstić information content (AvgIpc) is 2.25. The Morgan fingerprint density at radius 2 is 1.93 bits per heavy atom. The number of aldehydes is 1. The van der Waals surface area contributed by atoms with Gasteiger partial charge in [-0.1, -0.05) is 30.3 Å². The van der Waals surface area contributed by atoms with Crippen LogP contribution in [0.1, 0.15) is 5.56 Å². The van der Waals surface area contributed by atoms with Crippen LogP contribution in [0.5, 0.6) is 0 Å². The fraction of sp³-hybridized carbons (Fsp3) is 0.200. The van der Waals surface area contributed by atoms with E-state index < -0.39 is 6.16 Å². The van der Waals surface area contributed by atoms with Crippen molar-refractivity contribution in [1.82, 2.24) is 0 Å². The molecule has 0 saturated carbocycles. The van der Waals surface area contributed by atoms with E-state index in [1.165, 1.54) is 0 Å². The van der Waals surface area contributed by atoms with Gasteiger partial charge in [0.2, 0.25) is 0 Å². The van der Waals surface area contributed by atoms with E-state index >= 15 is 0 Å². The van der Waals surface area contributed by atoms with Crippen molar-refractivity contribution in [3.05, 3.63) is 35.9 Å². The van der Waals surface area contributed by atoms with Gasteiger partial charge in [0, 0.05) is 0 Å². The van der Waals surface area contributed by atoms with E-state index in [-0.39, 0.29) is 13.2 Å². The van der Waals surface area contributed by atoms with Gasteiger partial charge in [-0.2, -0.15) is 0 Å². The Kier molecular flexibility index (Phi) is 4.20. The van der Waals surface area contributed by atoms with Crippen molar-refractivity contribution >= 4 is 12.4 Å². The van der Waals surface area contributed by atoms with Gasteiger partial charge in [0.15, 0.2) is 12.9 Å². The van der Waals surface area contributed by atoms with Crippen LogP contribution in [0.15, 0.2) is 30.3 Å². The minimum absolute atomic E-state index is 0.151. The molecule has 4 heteroatoms. The van der Waals surface area contributed by atoms with Gasteiger partial charge >= 0.3 is 6.16 Å². The molecule has 0 bridgehead atoms. The fourth-order valence-corrected chi connectivity index (χ4v) is 0.860. The standard InChI is InChI=1S/C10H10O4/c11-6-7-13-10(12)14-8-9-4-2-1-3-5-9/h1-6H,7-8H2. The molecule has 0 unspecified atom stereocenters. The highest BCUT2D eigenvalue weighted by Crippen LogP contribution is 2.01. The molecular weight excluding hydrogens is 184 g/mol. The third-order valence-electron chi connectivity index (χ3n) is 1.47. The van der Waals surface area contributed by atoms with Crippen molar-refractivity contribution in [2.45, 2.75) is 6.61 Å². The SMILES string of the molecule is O=CCOC(=O)OCc1ccccc1. The summed E-state index contributed by atoms with van der Waals surface area (Å²) < 4.78 is 9.09. The molecule has 0 aliphatic heterocycles. The highest BCUT2D eigenvalue weighted by Gasteiger charge is 2.02. The first-order valence-electron chi connectivity index (χ1n) is 4.10. The lowest BCUT2D eigenvalue weighted by molar-refractivity contribution is -0.111. The van der Waals surface area contributed by atoms with Gasteiger partial charge in [-0.25, -0.2) is 4.79 Å². The molecule has 14 heavy (non-hydrogen) atoms. The number of carbonyl (C=O) groups excluding carboxylic acids is 2. The summed E-state index contributed by atoms with van der Waals surface area (Å²) in [7, 11) is 0. The van der Waals surface area contributed by atoms with Crippen molar-refractivity contribution in [3.63, 3.8) is 0 Å². The lowest BCUT2D eigenvalue weighted by Gasteiger charge is -2.03. The molecule has 0 amide bonds. The third kappa shape index (κ3) is 3.71. The van der Waals surface area contributed by atoms with Crippen LogP contribution in [0.4, 0.5) is 4.79 Å². The normalized spacial score (nSPS) is 9.14. The van der Waals surface area contributed by atoms with Gasteiger partial charge < -0.3 is 9.47 Å². The smallest absolute Gasteiger partial charge is 0.429 e. The topological polar surface area (TPSA) is 52.6 Å². The van der Waals surface area contributed by atoms with E-state index in [2.05, 4.69) is 4.74 Å². The lowest BCUT2D eigenvalue weighted by Crippen LogP contribution is -2.08. The Balaban J connectivity index is 2.27. The Morgan fingerprint density at radius 3 is 2.57 bits per heavy atom. The predicted molar refractivity (Wildman–Crippen MR) is 48.6 cm³/mol. The molecule has 0 spiro atoms. The first-order chi connectivity index (χ1) is 6.83. The van der Waals surface area contributed by atoms with Crippen LogP contribution in [0.3, 0.4) is 0 Å². The van der Waals surface area contributed by atoms with Crippen LogP contribution in [0.25, 0.3) is 0 Å². The lowest BCUT2D eigenvalue weighted by atomic mass is 10.2. The molecular formula is C10H10O4. The second-order valence-corrected chi connectivity index (χ2v) is 2.50. The van der Waals surface area contributed by atoms with Crippen LogP contribution >= 0.6 is 0 Å². The van der Waals surface area contributed by atoms with Crippen LogP contribution in [0.2, 0.25) is 0 Å². The van der Waals surface area contributed by atoms with E-state index in [0.29, 0.717) is 6.29 Å². The zero-order valence-corrected chi connectivity index (χ0v) is 7.51. The van der Waals surface area contributed by atoms with Crippen molar-refractivity contribution in [1.29, 1.82) is 0 Å². The molecule has 74 valence electrons. The highest BCUT2D eigenvalue weighted by atomic mass is 16.7. The van der Waals surface area contributed by atoms with E-state index in [4.69, 9.17) is 4.74 Å². The van der Waals surface area contributed by atoms with E-state index in [1.54, 1.807) is 0 Å². The summed E-state index contributed by atoms with van der Waals surface area (Å²) in [5.74, 6) is 0. The van der Waals surface area contributed by atoms with Crippen LogP contribution in [-0.2, 0) is 20.9 Å². The molecule has 0 atom stereocenters. The summed E-state index contributed by atoms with van der Waals surface area (Å²) in [5.41, 5.74) is 0.871. The monoisotopic (exact) mass is 194 g/mol. The van der Waals surface area contributed by atoms with Crippen molar-refractivity contribution < 1.29 is 19.1 Å². The number of hydrogen-bond donors (Lipinski definition) is 0. The first kappa shape index (κ1) is 10.2. The molecule has 0 heterocycles. The maximum absolute atomic E-state index is 10.8. The van der Waals surface area contributed by atoms with Gasteiger partial charge in [-0.15, -0.1) is 0 Å². The van der Waals surface area contributed by atoms with Crippen molar-refractivity contribution in [2.24, 2.45) is 0 Å². The zero-order chi connectivity index (χ0) is 10.2. The van der Waals surface area contributed by atoms with Crippen LogP contribution in [0, 0.1) is 0 Å². The Morgan fingerprint density at radius 1 is 1.21 bits per heavy atom. The number of carbonyl (C=O) groups is 2. The summed E-state index contributed by atoms with van der Waals surface area (Å²) in [5, 5.41) is 0. The summed E-state index contributed by atoms with van der Waals surface area (Å²) in [6.45, 7) is -0.119. The molecule has 0 aliphatic carbocycles. The van der Waals surface area contributed by atoms with Gasteiger partial charge in [-0.05, 0) is 5.56 Å². The molecule has 0 aromatic heterocycles. The fourth-order valence-electron chi connectivity index (χ4n) is 0.860. The van der Waals surface area contributed by atoms with Crippen LogP contribution < -0.4 is 0 Å². The molecule has 0 aliphatic rings. The Hall–Kier alpha value is -1.84. The molecule has 1 aromatic carbocycles. The summed E-state index contributed by atoms with van der Waals surface area (Å²) in [6.07, 6.45) is -0.343. The number of hydrogen-bond acceptors (Lipinski definition) is 4. The number of rotatable bonds is 4. The minimum Gasteiger partial charge on any atom is -0.429 e. The average molecular weight is 194 g/mol. The number of ether oxygens (including phenoxy) is 2. The molecule has 0 saturated heterocycles. The summed E-state index contributed by atoms with van der Waals surface area (Å²) in [6, 6.07) is 9.21. The van der Waals surface area contributed by atoms with Gasteiger partial charge in [0.25, 0.3) is 0 Å². The molecule has 0 fully saturated rings. The van der Waals surface area contributed by atoms with E-state index in [1.807, 2.05) is 30.3 Å². The Bertz CT molecular complexity index is 294. The predicted octanol–water partition coefficient (Wildman–Crippen LogP) is 1.54.